The molecule has 1 heterocycles. The molecule has 18 heavy (non-hydrogen) atoms. The molecule has 1 atom stereocenters. The molecule has 0 bridgehead atoms. The lowest BCUT2D eigenvalue weighted by Gasteiger charge is -2.28. The first-order valence-electron chi connectivity index (χ1n) is 6.49. The molecule has 2 rings (SSSR count). The van der Waals surface area contributed by atoms with Crippen molar-refractivity contribution in [2.45, 2.75) is 25.8 Å². The number of carbonyl (C=O) groups excluding carboxylic acids is 1. The topological polar surface area (TPSA) is 32.3 Å². The van der Waals surface area contributed by atoms with Crippen molar-refractivity contribution < 1.29 is 4.79 Å². The first-order chi connectivity index (χ1) is 8.72. The van der Waals surface area contributed by atoms with Crippen LogP contribution in [0, 0.1) is 0 Å². The van der Waals surface area contributed by atoms with Crippen molar-refractivity contribution in [3.63, 3.8) is 0 Å². The van der Waals surface area contributed by atoms with E-state index in [1.807, 2.05) is 29.2 Å². The summed E-state index contributed by atoms with van der Waals surface area (Å²) < 4.78 is 1.00. The minimum Gasteiger partial charge on any atom is -0.334 e. The maximum absolute atomic E-state index is 12.5. The maximum Gasteiger partial charge on any atom is 0.254 e. The van der Waals surface area contributed by atoms with Crippen LogP contribution in [0.5, 0.6) is 0 Å². The van der Waals surface area contributed by atoms with Gasteiger partial charge in [0.15, 0.2) is 0 Å². The van der Waals surface area contributed by atoms with Crippen LogP contribution >= 0.6 is 15.9 Å². The van der Waals surface area contributed by atoms with Gasteiger partial charge >= 0.3 is 0 Å². The maximum atomic E-state index is 12.5. The minimum absolute atomic E-state index is 0.151. The summed E-state index contributed by atoms with van der Waals surface area (Å²) in [6.07, 6.45) is 2.06. The highest BCUT2D eigenvalue weighted by Gasteiger charge is 2.26. The van der Waals surface area contributed by atoms with E-state index in [9.17, 15) is 4.79 Å². The van der Waals surface area contributed by atoms with Gasteiger partial charge in [0.1, 0.15) is 0 Å². The SMILES string of the molecule is CCCN(C(=O)c1ccc(Br)cc1)C1CCNC1. The second-order valence-corrected chi connectivity index (χ2v) is 5.57. The smallest absolute Gasteiger partial charge is 0.254 e. The van der Waals surface area contributed by atoms with Gasteiger partial charge < -0.3 is 10.2 Å². The highest BCUT2D eigenvalue weighted by Crippen LogP contribution is 2.16. The molecule has 0 radical (unpaired) electrons. The number of hydrogen-bond acceptors (Lipinski definition) is 2. The van der Waals surface area contributed by atoms with Crippen LogP contribution < -0.4 is 5.32 Å². The van der Waals surface area contributed by atoms with Crippen molar-refractivity contribution in [2.24, 2.45) is 0 Å². The number of nitrogens with one attached hydrogen (secondary N) is 1. The Hall–Kier alpha value is -0.870. The molecule has 1 amide bonds. The van der Waals surface area contributed by atoms with Crippen molar-refractivity contribution >= 4 is 21.8 Å². The van der Waals surface area contributed by atoms with E-state index < -0.39 is 0 Å². The number of nitrogens with zero attached hydrogens (tertiary/aromatic N) is 1. The number of halogens is 1. The zero-order valence-corrected chi connectivity index (χ0v) is 12.2. The van der Waals surface area contributed by atoms with Gasteiger partial charge in [-0.05, 0) is 43.7 Å². The van der Waals surface area contributed by atoms with Crippen molar-refractivity contribution in [3.05, 3.63) is 34.3 Å². The van der Waals surface area contributed by atoms with E-state index in [0.29, 0.717) is 6.04 Å². The van der Waals surface area contributed by atoms with E-state index in [4.69, 9.17) is 0 Å². The quantitative estimate of drug-likeness (QED) is 0.927. The van der Waals surface area contributed by atoms with Gasteiger partial charge in [0, 0.05) is 29.2 Å². The first kappa shape index (κ1) is 13.6. The van der Waals surface area contributed by atoms with Gasteiger partial charge in [-0.25, -0.2) is 0 Å². The Morgan fingerprint density at radius 1 is 1.44 bits per heavy atom. The summed E-state index contributed by atoms with van der Waals surface area (Å²) in [5.41, 5.74) is 0.776. The zero-order chi connectivity index (χ0) is 13.0. The van der Waals surface area contributed by atoms with Crippen LogP contribution in [0.25, 0.3) is 0 Å². The molecule has 1 aliphatic rings. The molecule has 0 spiro atoms. The number of hydrogen-bond donors (Lipinski definition) is 1. The van der Waals surface area contributed by atoms with Crippen LogP contribution in [0.3, 0.4) is 0 Å². The average molecular weight is 311 g/mol. The lowest BCUT2D eigenvalue weighted by Crippen LogP contribution is -2.42. The normalized spacial score (nSPS) is 18.9. The standard InChI is InChI=1S/C14H19BrN2O/c1-2-9-17(13-7-8-16-10-13)14(18)11-3-5-12(15)6-4-11/h3-6,13,16H,2,7-10H2,1H3. The average Bonchev–Trinajstić information content (AvgIpc) is 2.90. The van der Waals surface area contributed by atoms with E-state index in [-0.39, 0.29) is 5.91 Å². The van der Waals surface area contributed by atoms with E-state index in [1.165, 1.54) is 0 Å². The fourth-order valence-electron chi connectivity index (χ4n) is 2.35. The van der Waals surface area contributed by atoms with Crippen molar-refractivity contribution in [1.82, 2.24) is 10.2 Å². The second-order valence-electron chi connectivity index (χ2n) is 4.65. The number of benzene rings is 1. The van der Waals surface area contributed by atoms with Crippen LogP contribution in [-0.2, 0) is 0 Å². The van der Waals surface area contributed by atoms with Crippen molar-refractivity contribution in [3.8, 4) is 0 Å². The molecule has 0 aromatic heterocycles. The fraction of sp³-hybridized carbons (Fsp3) is 0.500. The number of rotatable bonds is 4. The molecule has 4 heteroatoms. The van der Waals surface area contributed by atoms with E-state index >= 15 is 0 Å². The summed E-state index contributed by atoms with van der Waals surface area (Å²) in [5.74, 6) is 0.151. The largest absolute Gasteiger partial charge is 0.334 e. The van der Waals surface area contributed by atoms with Crippen LogP contribution in [-0.4, -0.2) is 36.5 Å². The Bertz CT molecular complexity index is 399. The molecule has 1 aromatic carbocycles. The summed E-state index contributed by atoms with van der Waals surface area (Å²) >= 11 is 3.39. The minimum atomic E-state index is 0.151. The monoisotopic (exact) mass is 310 g/mol. The molecule has 1 saturated heterocycles. The summed E-state index contributed by atoms with van der Waals surface area (Å²) in [6.45, 7) is 4.88. The highest BCUT2D eigenvalue weighted by atomic mass is 79.9. The predicted octanol–water partition coefficient (Wildman–Crippen LogP) is 2.66. The molecular weight excluding hydrogens is 292 g/mol. The molecule has 1 aromatic rings. The molecule has 1 N–H and O–H groups in total. The van der Waals surface area contributed by atoms with Gasteiger partial charge in [-0.15, -0.1) is 0 Å². The van der Waals surface area contributed by atoms with Gasteiger partial charge in [-0.3, -0.25) is 4.79 Å². The molecular formula is C14H19BrN2O. The van der Waals surface area contributed by atoms with Crippen LogP contribution in [0.4, 0.5) is 0 Å². The van der Waals surface area contributed by atoms with Crippen molar-refractivity contribution in [1.29, 1.82) is 0 Å². The highest BCUT2D eigenvalue weighted by molar-refractivity contribution is 9.10. The molecule has 0 saturated carbocycles. The summed E-state index contributed by atoms with van der Waals surface area (Å²) in [7, 11) is 0. The van der Waals surface area contributed by atoms with E-state index in [1.54, 1.807) is 0 Å². The lowest BCUT2D eigenvalue weighted by molar-refractivity contribution is 0.0692. The first-order valence-corrected chi connectivity index (χ1v) is 7.29. The third-order valence-electron chi connectivity index (χ3n) is 3.29. The Morgan fingerprint density at radius 3 is 2.72 bits per heavy atom. The molecule has 1 aliphatic heterocycles. The van der Waals surface area contributed by atoms with E-state index in [2.05, 4.69) is 28.2 Å². The number of amides is 1. The van der Waals surface area contributed by atoms with Gasteiger partial charge in [-0.1, -0.05) is 22.9 Å². The molecule has 3 nitrogen and oxygen atoms in total. The Balaban J connectivity index is 2.14. The summed E-state index contributed by atoms with van der Waals surface area (Å²) in [5, 5.41) is 3.33. The van der Waals surface area contributed by atoms with E-state index in [0.717, 1.165) is 42.5 Å². The van der Waals surface area contributed by atoms with Crippen LogP contribution in [0.15, 0.2) is 28.7 Å². The number of carbonyl (C=O) groups is 1. The zero-order valence-electron chi connectivity index (χ0n) is 10.7. The summed E-state index contributed by atoms with van der Waals surface area (Å²) in [6, 6.07) is 7.96. The molecule has 1 fully saturated rings. The predicted molar refractivity (Wildman–Crippen MR) is 76.7 cm³/mol. The fourth-order valence-corrected chi connectivity index (χ4v) is 2.62. The van der Waals surface area contributed by atoms with Gasteiger partial charge in [0.05, 0.1) is 0 Å². The summed E-state index contributed by atoms with van der Waals surface area (Å²) in [4.78, 5) is 14.5. The van der Waals surface area contributed by atoms with Crippen LogP contribution in [0.1, 0.15) is 30.1 Å². The van der Waals surface area contributed by atoms with Gasteiger partial charge in [0.2, 0.25) is 0 Å². The third kappa shape index (κ3) is 3.12. The van der Waals surface area contributed by atoms with Crippen molar-refractivity contribution in [2.75, 3.05) is 19.6 Å². The molecule has 0 aliphatic carbocycles. The Kier molecular flexibility index (Phi) is 4.78. The third-order valence-corrected chi connectivity index (χ3v) is 3.82. The Labute approximate surface area is 117 Å². The Morgan fingerprint density at radius 2 is 2.17 bits per heavy atom. The van der Waals surface area contributed by atoms with Crippen LogP contribution in [0.2, 0.25) is 0 Å². The van der Waals surface area contributed by atoms with Gasteiger partial charge in [-0.2, -0.15) is 0 Å². The second kappa shape index (κ2) is 6.34. The molecule has 98 valence electrons. The molecule has 1 unspecified atom stereocenters. The van der Waals surface area contributed by atoms with Gasteiger partial charge in [0.25, 0.3) is 5.91 Å². The lowest BCUT2D eigenvalue weighted by atomic mass is 10.1.